The van der Waals surface area contributed by atoms with Crippen LogP contribution in [-0.2, 0) is 9.59 Å². The molecule has 0 fully saturated rings. The van der Waals surface area contributed by atoms with Gasteiger partial charge in [-0.3, -0.25) is 9.59 Å². The van der Waals surface area contributed by atoms with E-state index in [1.54, 1.807) is 6.92 Å². The summed E-state index contributed by atoms with van der Waals surface area (Å²) in [4.78, 5) is 24.0. The van der Waals surface area contributed by atoms with E-state index in [1.807, 2.05) is 13.8 Å². The van der Waals surface area contributed by atoms with Crippen molar-refractivity contribution in [1.82, 2.24) is 0 Å². The van der Waals surface area contributed by atoms with Gasteiger partial charge in [-0.2, -0.15) is 0 Å². The van der Waals surface area contributed by atoms with Gasteiger partial charge < -0.3 is 0 Å². The van der Waals surface area contributed by atoms with Crippen LogP contribution < -0.4 is 0 Å². The first-order valence-electron chi connectivity index (χ1n) is 7.40. The van der Waals surface area contributed by atoms with Crippen LogP contribution in [0.15, 0.2) is 11.1 Å². The molecule has 2 heteroatoms. The van der Waals surface area contributed by atoms with E-state index in [0.29, 0.717) is 6.42 Å². The van der Waals surface area contributed by atoms with Gasteiger partial charge in [0.15, 0.2) is 5.78 Å². The SMILES string of the molecule is CC(=O)C(C)C(C)CC(=O)C1=C(C)CCCC1(C)C. The summed E-state index contributed by atoms with van der Waals surface area (Å²) in [6.45, 7) is 12.0. The third-order valence-corrected chi connectivity index (χ3v) is 4.74. The number of ketones is 2. The fourth-order valence-corrected chi connectivity index (χ4v) is 3.21. The molecule has 0 radical (unpaired) electrons. The van der Waals surface area contributed by atoms with Gasteiger partial charge >= 0.3 is 0 Å². The second-order valence-corrected chi connectivity index (χ2v) is 6.90. The lowest BCUT2D eigenvalue weighted by atomic mass is 9.69. The monoisotopic (exact) mass is 264 g/mol. The van der Waals surface area contributed by atoms with Crippen molar-refractivity contribution in [3.8, 4) is 0 Å². The fraction of sp³-hybridized carbons (Fsp3) is 0.765. The average molecular weight is 264 g/mol. The van der Waals surface area contributed by atoms with Gasteiger partial charge in [0.2, 0.25) is 0 Å². The molecule has 2 atom stereocenters. The van der Waals surface area contributed by atoms with Crippen molar-refractivity contribution in [1.29, 1.82) is 0 Å². The van der Waals surface area contributed by atoms with Crippen molar-refractivity contribution < 1.29 is 9.59 Å². The molecule has 0 aromatic carbocycles. The van der Waals surface area contributed by atoms with E-state index in [1.165, 1.54) is 12.0 Å². The normalized spacial score (nSPS) is 22.0. The molecule has 2 nitrogen and oxygen atoms in total. The molecule has 1 aliphatic carbocycles. The molecule has 0 aromatic rings. The van der Waals surface area contributed by atoms with Crippen molar-refractivity contribution >= 4 is 11.6 Å². The highest BCUT2D eigenvalue weighted by Gasteiger charge is 2.33. The summed E-state index contributed by atoms with van der Waals surface area (Å²) in [6, 6.07) is 0. The molecule has 0 saturated heterocycles. The van der Waals surface area contributed by atoms with Gasteiger partial charge in [-0.05, 0) is 50.0 Å². The zero-order valence-electron chi connectivity index (χ0n) is 13.3. The Morgan fingerprint density at radius 1 is 1.26 bits per heavy atom. The van der Waals surface area contributed by atoms with Gasteiger partial charge in [-0.25, -0.2) is 0 Å². The van der Waals surface area contributed by atoms with E-state index in [-0.39, 0.29) is 28.8 Å². The van der Waals surface area contributed by atoms with Crippen molar-refractivity contribution in [2.45, 2.75) is 67.2 Å². The summed E-state index contributed by atoms with van der Waals surface area (Å²) in [6.07, 6.45) is 3.80. The molecule has 0 amide bonds. The smallest absolute Gasteiger partial charge is 0.159 e. The molecule has 0 N–H and O–H groups in total. The van der Waals surface area contributed by atoms with Crippen LogP contribution in [0.25, 0.3) is 0 Å². The Morgan fingerprint density at radius 3 is 2.32 bits per heavy atom. The summed E-state index contributed by atoms with van der Waals surface area (Å²) < 4.78 is 0. The molecule has 19 heavy (non-hydrogen) atoms. The molecule has 0 bridgehead atoms. The van der Waals surface area contributed by atoms with E-state index in [9.17, 15) is 9.59 Å². The molecular formula is C17H28O2. The largest absolute Gasteiger partial charge is 0.300 e. The molecule has 1 rings (SSSR count). The molecule has 0 heterocycles. The number of hydrogen-bond acceptors (Lipinski definition) is 2. The van der Waals surface area contributed by atoms with Gasteiger partial charge in [0.25, 0.3) is 0 Å². The number of allylic oxidation sites excluding steroid dienone is 2. The molecule has 0 spiro atoms. The minimum absolute atomic E-state index is 0.00139. The molecule has 108 valence electrons. The van der Waals surface area contributed by atoms with Gasteiger partial charge in [0, 0.05) is 12.3 Å². The Kier molecular flexibility index (Phi) is 5.11. The minimum atomic E-state index is -0.0310. The lowest BCUT2D eigenvalue weighted by Gasteiger charge is -2.34. The summed E-state index contributed by atoms with van der Waals surface area (Å²) in [5, 5.41) is 0. The predicted molar refractivity (Wildman–Crippen MR) is 79.0 cm³/mol. The topological polar surface area (TPSA) is 34.1 Å². The zero-order valence-corrected chi connectivity index (χ0v) is 13.3. The van der Waals surface area contributed by atoms with Crippen molar-refractivity contribution in [3.63, 3.8) is 0 Å². The van der Waals surface area contributed by atoms with E-state index in [2.05, 4.69) is 20.8 Å². The van der Waals surface area contributed by atoms with Crippen LogP contribution in [0.4, 0.5) is 0 Å². The Labute approximate surface area is 117 Å². The van der Waals surface area contributed by atoms with Gasteiger partial charge in [0.1, 0.15) is 5.78 Å². The number of hydrogen-bond donors (Lipinski definition) is 0. The Balaban J connectivity index is 2.85. The number of Topliss-reactive ketones (excluding diaryl/α,β-unsaturated/α-hetero) is 2. The second kappa shape index (κ2) is 6.02. The van der Waals surface area contributed by atoms with Crippen LogP contribution in [-0.4, -0.2) is 11.6 Å². The zero-order chi connectivity index (χ0) is 14.8. The lowest BCUT2D eigenvalue weighted by Crippen LogP contribution is -2.28. The van der Waals surface area contributed by atoms with E-state index in [4.69, 9.17) is 0 Å². The molecule has 1 aliphatic rings. The molecule has 0 saturated carbocycles. The quantitative estimate of drug-likeness (QED) is 0.740. The Hall–Kier alpha value is -0.920. The highest BCUT2D eigenvalue weighted by Crippen LogP contribution is 2.41. The number of carbonyl (C=O) groups is 2. The molecule has 2 unspecified atom stereocenters. The van der Waals surface area contributed by atoms with E-state index in [0.717, 1.165) is 18.4 Å². The first-order chi connectivity index (χ1) is 8.66. The van der Waals surface area contributed by atoms with E-state index >= 15 is 0 Å². The highest BCUT2D eigenvalue weighted by molar-refractivity contribution is 5.97. The summed E-state index contributed by atoms with van der Waals surface area (Å²) in [5.41, 5.74) is 2.28. The van der Waals surface area contributed by atoms with Crippen LogP contribution in [0.3, 0.4) is 0 Å². The minimum Gasteiger partial charge on any atom is -0.300 e. The molecule has 0 aliphatic heterocycles. The maximum atomic E-state index is 12.6. The third-order valence-electron chi connectivity index (χ3n) is 4.74. The van der Waals surface area contributed by atoms with Gasteiger partial charge in [-0.1, -0.05) is 33.3 Å². The predicted octanol–water partition coefficient (Wildman–Crippen LogP) is 4.33. The van der Waals surface area contributed by atoms with Crippen molar-refractivity contribution in [2.24, 2.45) is 17.3 Å². The average Bonchev–Trinajstić information content (AvgIpc) is 2.25. The Morgan fingerprint density at radius 2 is 1.84 bits per heavy atom. The summed E-state index contributed by atoms with van der Waals surface area (Å²) in [5.74, 6) is 0.524. The van der Waals surface area contributed by atoms with Crippen LogP contribution in [0.5, 0.6) is 0 Å². The first kappa shape index (κ1) is 16.1. The molecule has 0 aromatic heterocycles. The van der Waals surface area contributed by atoms with Crippen LogP contribution in [0, 0.1) is 17.3 Å². The number of carbonyl (C=O) groups excluding carboxylic acids is 2. The third kappa shape index (κ3) is 3.77. The summed E-state index contributed by atoms with van der Waals surface area (Å²) >= 11 is 0. The van der Waals surface area contributed by atoms with Crippen LogP contribution in [0.1, 0.15) is 67.2 Å². The fourth-order valence-electron chi connectivity index (χ4n) is 3.21. The van der Waals surface area contributed by atoms with Gasteiger partial charge in [0.05, 0.1) is 0 Å². The first-order valence-corrected chi connectivity index (χ1v) is 7.40. The van der Waals surface area contributed by atoms with Crippen molar-refractivity contribution in [2.75, 3.05) is 0 Å². The maximum Gasteiger partial charge on any atom is 0.159 e. The van der Waals surface area contributed by atoms with Crippen LogP contribution >= 0.6 is 0 Å². The maximum absolute atomic E-state index is 12.6. The van der Waals surface area contributed by atoms with Crippen LogP contribution in [0.2, 0.25) is 0 Å². The summed E-state index contributed by atoms with van der Waals surface area (Å²) in [7, 11) is 0. The highest BCUT2D eigenvalue weighted by atomic mass is 16.1. The van der Waals surface area contributed by atoms with Gasteiger partial charge in [-0.15, -0.1) is 0 Å². The second-order valence-electron chi connectivity index (χ2n) is 6.90. The lowest BCUT2D eigenvalue weighted by molar-refractivity contribution is -0.122. The Bertz CT molecular complexity index is 401. The molecular weight excluding hydrogens is 236 g/mol. The number of rotatable bonds is 5. The van der Waals surface area contributed by atoms with E-state index < -0.39 is 0 Å². The standard InChI is InChI=1S/C17H28O2/c1-11-8-7-9-17(5,6)16(11)15(19)10-12(2)13(3)14(4)18/h12-13H,7-10H2,1-6H3. The van der Waals surface area contributed by atoms with Crippen molar-refractivity contribution in [3.05, 3.63) is 11.1 Å².